The van der Waals surface area contributed by atoms with Crippen molar-refractivity contribution >= 4 is 34.8 Å². The van der Waals surface area contributed by atoms with Crippen LogP contribution in [0.5, 0.6) is 0 Å². The Bertz CT molecular complexity index is 130. The molecule has 0 saturated heterocycles. The van der Waals surface area contributed by atoms with Crippen LogP contribution in [0, 0.1) is 5.92 Å². The first-order valence-corrected chi connectivity index (χ1v) is 4.26. The van der Waals surface area contributed by atoms with Crippen molar-refractivity contribution in [3.8, 4) is 0 Å². The molecule has 0 spiro atoms. The summed E-state index contributed by atoms with van der Waals surface area (Å²) < 4.78 is -1.23. The number of alkyl halides is 3. The van der Waals surface area contributed by atoms with Crippen LogP contribution in [-0.4, -0.2) is 3.79 Å². The lowest BCUT2D eigenvalue weighted by Gasteiger charge is -2.18. The van der Waals surface area contributed by atoms with Crippen LogP contribution in [0.4, 0.5) is 0 Å². The zero-order valence-corrected chi connectivity index (χ0v) is 8.56. The van der Waals surface area contributed by atoms with Crippen LogP contribution in [0.3, 0.4) is 0 Å². The number of allylic oxidation sites excluding steroid dienone is 2. The molecule has 0 N–H and O–H groups in total. The van der Waals surface area contributed by atoms with Crippen molar-refractivity contribution in [1.82, 2.24) is 0 Å². The highest BCUT2D eigenvalue weighted by Gasteiger charge is 2.26. The molecule has 3 heteroatoms. The highest BCUT2D eigenvalue weighted by molar-refractivity contribution is 6.69. The quantitative estimate of drug-likeness (QED) is 0.445. The summed E-state index contributed by atoms with van der Waals surface area (Å²) in [6, 6.07) is 0. The normalized spacial score (nSPS) is 14.5. The Balaban J connectivity index is 4.40. The maximum atomic E-state index is 5.66. The van der Waals surface area contributed by atoms with Gasteiger partial charge < -0.3 is 0 Å². The van der Waals surface area contributed by atoms with E-state index < -0.39 is 3.79 Å². The van der Waals surface area contributed by atoms with E-state index in [2.05, 4.69) is 0 Å². The molecule has 0 rings (SSSR count). The van der Waals surface area contributed by atoms with Gasteiger partial charge >= 0.3 is 0 Å². The molecule has 0 atom stereocenters. The minimum atomic E-state index is -1.23. The van der Waals surface area contributed by atoms with Gasteiger partial charge in [-0.1, -0.05) is 54.7 Å². The Morgan fingerprint density at radius 1 is 1.30 bits per heavy atom. The van der Waals surface area contributed by atoms with E-state index >= 15 is 0 Å². The van der Waals surface area contributed by atoms with Crippen LogP contribution in [-0.2, 0) is 0 Å². The summed E-state index contributed by atoms with van der Waals surface area (Å²) >= 11 is 17.0. The summed E-state index contributed by atoms with van der Waals surface area (Å²) in [4.78, 5) is 0. The van der Waals surface area contributed by atoms with Gasteiger partial charge in [0.2, 0.25) is 3.79 Å². The van der Waals surface area contributed by atoms with Crippen molar-refractivity contribution in [1.29, 1.82) is 0 Å². The van der Waals surface area contributed by atoms with E-state index in [0.717, 1.165) is 5.57 Å². The molecule has 0 aliphatic rings. The predicted molar refractivity (Wildman–Crippen MR) is 48.9 cm³/mol. The molecule has 0 saturated carbocycles. The van der Waals surface area contributed by atoms with Crippen molar-refractivity contribution in [2.45, 2.75) is 24.6 Å². The van der Waals surface area contributed by atoms with Gasteiger partial charge in [0.15, 0.2) is 0 Å². The molecule has 0 aliphatic heterocycles. The van der Waals surface area contributed by atoms with Gasteiger partial charge in [-0.3, -0.25) is 0 Å². The van der Waals surface area contributed by atoms with E-state index in [-0.39, 0.29) is 5.92 Å². The SMILES string of the molecule is CC=C(C(C)C)C(Cl)(Cl)Cl. The van der Waals surface area contributed by atoms with Gasteiger partial charge in [0, 0.05) is 0 Å². The Morgan fingerprint density at radius 2 is 1.70 bits per heavy atom. The lowest BCUT2D eigenvalue weighted by atomic mass is 10.1. The van der Waals surface area contributed by atoms with E-state index in [4.69, 9.17) is 34.8 Å². The van der Waals surface area contributed by atoms with E-state index in [0.29, 0.717) is 0 Å². The lowest BCUT2D eigenvalue weighted by Crippen LogP contribution is -2.12. The van der Waals surface area contributed by atoms with Crippen molar-refractivity contribution in [2.24, 2.45) is 5.92 Å². The van der Waals surface area contributed by atoms with Gasteiger partial charge in [-0.2, -0.15) is 0 Å². The predicted octanol–water partition coefficient (Wildman–Crippen LogP) is 3.96. The summed E-state index contributed by atoms with van der Waals surface area (Å²) in [5.74, 6) is 0.289. The molecular weight excluding hydrogens is 190 g/mol. The van der Waals surface area contributed by atoms with Crippen molar-refractivity contribution < 1.29 is 0 Å². The molecule has 0 bridgehead atoms. The van der Waals surface area contributed by atoms with Gasteiger partial charge in [0.1, 0.15) is 0 Å². The van der Waals surface area contributed by atoms with Gasteiger partial charge in [-0.05, 0) is 18.4 Å². The highest BCUT2D eigenvalue weighted by atomic mass is 35.6. The van der Waals surface area contributed by atoms with Crippen LogP contribution < -0.4 is 0 Å². The van der Waals surface area contributed by atoms with Crippen LogP contribution in [0.15, 0.2) is 11.6 Å². The van der Waals surface area contributed by atoms with Crippen molar-refractivity contribution in [2.75, 3.05) is 0 Å². The first-order chi connectivity index (χ1) is 4.39. The monoisotopic (exact) mass is 200 g/mol. The second-order valence-electron chi connectivity index (χ2n) is 2.40. The standard InChI is InChI=1S/C7H11Cl3/c1-4-6(5(2)3)7(8,9)10/h4-5H,1-3H3. The molecule has 0 aliphatic carbocycles. The zero-order valence-electron chi connectivity index (χ0n) is 6.29. The molecule has 0 radical (unpaired) electrons. The van der Waals surface area contributed by atoms with Crippen LogP contribution in [0.2, 0.25) is 0 Å². The maximum absolute atomic E-state index is 5.66. The minimum Gasteiger partial charge on any atom is -0.0840 e. The smallest absolute Gasteiger partial charge is 0.0840 e. The molecule has 0 fully saturated rings. The Kier molecular flexibility index (Phi) is 4.08. The maximum Gasteiger partial charge on any atom is 0.212 e. The zero-order chi connectivity index (χ0) is 8.36. The summed E-state index contributed by atoms with van der Waals surface area (Å²) in [6.45, 7) is 5.87. The fourth-order valence-corrected chi connectivity index (χ4v) is 1.81. The fourth-order valence-electron chi connectivity index (χ4n) is 0.824. The Hall–Kier alpha value is 0.610. The molecular formula is C7H11Cl3. The third-order valence-corrected chi connectivity index (χ3v) is 1.91. The molecule has 0 amide bonds. The molecule has 0 aromatic rings. The Morgan fingerprint density at radius 3 is 1.70 bits per heavy atom. The van der Waals surface area contributed by atoms with E-state index in [1.54, 1.807) is 0 Å². The van der Waals surface area contributed by atoms with E-state index in [1.807, 2.05) is 26.8 Å². The summed E-state index contributed by atoms with van der Waals surface area (Å²) in [5, 5.41) is 0. The van der Waals surface area contributed by atoms with Crippen molar-refractivity contribution in [3.05, 3.63) is 11.6 Å². The molecule has 0 heterocycles. The number of hydrogen-bond acceptors (Lipinski definition) is 0. The van der Waals surface area contributed by atoms with Gasteiger partial charge in [0.25, 0.3) is 0 Å². The summed E-state index contributed by atoms with van der Waals surface area (Å²) in [7, 11) is 0. The summed E-state index contributed by atoms with van der Waals surface area (Å²) in [5.41, 5.74) is 0.845. The van der Waals surface area contributed by atoms with Crippen LogP contribution in [0.25, 0.3) is 0 Å². The second-order valence-corrected chi connectivity index (χ2v) is 4.68. The van der Waals surface area contributed by atoms with Gasteiger partial charge in [0.05, 0.1) is 0 Å². The average Bonchev–Trinajstić information content (AvgIpc) is 1.60. The largest absolute Gasteiger partial charge is 0.212 e. The first kappa shape index (κ1) is 10.6. The molecule has 10 heavy (non-hydrogen) atoms. The van der Waals surface area contributed by atoms with Gasteiger partial charge in [-0.25, -0.2) is 0 Å². The highest BCUT2D eigenvalue weighted by Crippen LogP contribution is 2.38. The fraction of sp³-hybridized carbons (Fsp3) is 0.714. The number of hydrogen-bond donors (Lipinski definition) is 0. The Labute approximate surface area is 77.1 Å². The lowest BCUT2D eigenvalue weighted by molar-refractivity contribution is 0.747. The third kappa shape index (κ3) is 3.14. The molecule has 0 nitrogen and oxygen atoms in total. The molecule has 0 aromatic carbocycles. The van der Waals surface area contributed by atoms with E-state index in [1.165, 1.54) is 0 Å². The molecule has 0 aromatic heterocycles. The molecule has 60 valence electrons. The van der Waals surface area contributed by atoms with E-state index in [9.17, 15) is 0 Å². The van der Waals surface area contributed by atoms with Crippen LogP contribution in [0.1, 0.15) is 20.8 Å². The minimum absolute atomic E-state index is 0.289. The second kappa shape index (κ2) is 3.85. The number of rotatable bonds is 1. The third-order valence-electron chi connectivity index (χ3n) is 1.26. The van der Waals surface area contributed by atoms with Crippen molar-refractivity contribution in [3.63, 3.8) is 0 Å². The van der Waals surface area contributed by atoms with Crippen LogP contribution >= 0.6 is 34.8 Å². The molecule has 0 unspecified atom stereocenters. The average molecular weight is 202 g/mol. The number of halogens is 3. The first-order valence-electron chi connectivity index (χ1n) is 3.13. The topological polar surface area (TPSA) is 0 Å². The van der Waals surface area contributed by atoms with Gasteiger partial charge in [-0.15, -0.1) is 0 Å². The summed E-state index contributed by atoms with van der Waals surface area (Å²) in [6.07, 6.45) is 1.84.